The van der Waals surface area contributed by atoms with Gasteiger partial charge in [-0.25, -0.2) is 9.97 Å². The van der Waals surface area contributed by atoms with Crippen LogP contribution in [0.15, 0.2) is 12.4 Å². The predicted molar refractivity (Wildman–Crippen MR) is 56.4 cm³/mol. The summed E-state index contributed by atoms with van der Waals surface area (Å²) >= 11 is 0. The smallest absolute Gasteiger partial charge is 0.129 e. The second kappa shape index (κ2) is 6.32. The number of aryl methyl sites for hydroxylation is 1. The largest absolute Gasteiger partial charge is 0.385 e. The highest BCUT2D eigenvalue weighted by Crippen LogP contribution is 2.03. The lowest BCUT2D eigenvalue weighted by Crippen LogP contribution is -2.06. The van der Waals surface area contributed by atoms with Crippen LogP contribution in [0.1, 0.15) is 19.0 Å². The average Bonchev–Trinajstić information content (AvgIpc) is 2.25. The Bertz CT molecular complexity index is 265. The lowest BCUT2D eigenvalue weighted by molar-refractivity contribution is 0.198. The molecule has 0 aliphatic carbocycles. The zero-order chi connectivity index (χ0) is 10.2. The van der Waals surface area contributed by atoms with Crippen molar-refractivity contribution in [1.82, 2.24) is 9.97 Å². The summed E-state index contributed by atoms with van der Waals surface area (Å²) in [6.45, 7) is 3.74. The maximum absolute atomic E-state index is 4.95. The highest BCUT2D eigenvalue weighted by Gasteiger charge is 1.95. The molecule has 0 aromatic carbocycles. The molecule has 0 spiro atoms. The third kappa shape index (κ3) is 3.70. The summed E-state index contributed by atoms with van der Waals surface area (Å²) in [5.74, 6) is 0.896. The van der Waals surface area contributed by atoms with Gasteiger partial charge in [0.2, 0.25) is 0 Å². The van der Waals surface area contributed by atoms with Crippen LogP contribution < -0.4 is 5.32 Å². The van der Waals surface area contributed by atoms with E-state index in [2.05, 4.69) is 22.2 Å². The van der Waals surface area contributed by atoms with Crippen LogP contribution >= 0.6 is 0 Å². The quantitative estimate of drug-likeness (QED) is 0.698. The number of ether oxygens (including phenoxy) is 1. The molecule has 0 fully saturated rings. The molecule has 1 rings (SSSR count). The molecule has 1 aromatic rings. The van der Waals surface area contributed by atoms with Gasteiger partial charge in [-0.2, -0.15) is 0 Å². The van der Waals surface area contributed by atoms with Crippen molar-refractivity contribution in [3.63, 3.8) is 0 Å². The number of hydrogen-bond acceptors (Lipinski definition) is 4. The fraction of sp³-hybridized carbons (Fsp3) is 0.600. The second-order valence-corrected chi connectivity index (χ2v) is 3.02. The highest BCUT2D eigenvalue weighted by atomic mass is 16.5. The van der Waals surface area contributed by atoms with Gasteiger partial charge in [0.1, 0.15) is 12.1 Å². The molecule has 0 bridgehead atoms. The van der Waals surface area contributed by atoms with Crippen LogP contribution in [0.2, 0.25) is 0 Å². The van der Waals surface area contributed by atoms with Gasteiger partial charge in [-0.3, -0.25) is 0 Å². The third-order valence-electron chi connectivity index (χ3n) is 1.92. The molecule has 4 heteroatoms. The highest BCUT2D eigenvalue weighted by molar-refractivity contribution is 5.34. The van der Waals surface area contributed by atoms with Gasteiger partial charge in [-0.15, -0.1) is 0 Å². The van der Waals surface area contributed by atoms with E-state index in [-0.39, 0.29) is 0 Å². The number of nitrogens with zero attached hydrogens (tertiary/aromatic N) is 2. The zero-order valence-corrected chi connectivity index (χ0v) is 8.79. The van der Waals surface area contributed by atoms with Gasteiger partial charge < -0.3 is 10.1 Å². The monoisotopic (exact) mass is 195 g/mol. The molecule has 0 saturated heterocycles. The molecule has 0 radical (unpaired) electrons. The van der Waals surface area contributed by atoms with Crippen molar-refractivity contribution < 1.29 is 4.74 Å². The summed E-state index contributed by atoms with van der Waals surface area (Å²) in [6, 6.07) is 1.98. The van der Waals surface area contributed by atoms with Crippen LogP contribution in [0, 0.1) is 0 Å². The Balaban J connectivity index is 2.34. The Morgan fingerprint density at radius 2 is 2.29 bits per heavy atom. The molecule has 0 amide bonds. The summed E-state index contributed by atoms with van der Waals surface area (Å²) in [6.07, 6.45) is 3.52. The van der Waals surface area contributed by atoms with Crippen molar-refractivity contribution >= 4 is 5.82 Å². The molecule has 78 valence electrons. The number of aromatic nitrogens is 2. The zero-order valence-electron chi connectivity index (χ0n) is 8.79. The molecule has 0 unspecified atom stereocenters. The number of hydrogen-bond donors (Lipinski definition) is 1. The topological polar surface area (TPSA) is 47.0 Å². The predicted octanol–water partition coefficient (Wildman–Crippen LogP) is 1.49. The van der Waals surface area contributed by atoms with Gasteiger partial charge in [-0.05, 0) is 12.8 Å². The molecular weight excluding hydrogens is 178 g/mol. The molecule has 1 heterocycles. The van der Waals surface area contributed by atoms with E-state index in [0.29, 0.717) is 0 Å². The minimum absolute atomic E-state index is 0.777. The maximum Gasteiger partial charge on any atom is 0.129 e. The van der Waals surface area contributed by atoms with Crippen molar-refractivity contribution in [2.24, 2.45) is 0 Å². The maximum atomic E-state index is 4.95. The molecule has 1 aromatic heterocycles. The SMILES string of the molecule is CCc1cc(NCCCOC)ncn1. The normalized spacial score (nSPS) is 10.1. The van der Waals surface area contributed by atoms with Crippen molar-refractivity contribution in [1.29, 1.82) is 0 Å². The third-order valence-corrected chi connectivity index (χ3v) is 1.92. The average molecular weight is 195 g/mol. The number of nitrogens with one attached hydrogen (secondary N) is 1. The molecule has 0 saturated carbocycles. The fourth-order valence-corrected chi connectivity index (χ4v) is 1.12. The Labute approximate surface area is 84.7 Å². The summed E-state index contributed by atoms with van der Waals surface area (Å²) < 4.78 is 4.95. The van der Waals surface area contributed by atoms with Crippen LogP contribution in [0.25, 0.3) is 0 Å². The number of methoxy groups -OCH3 is 1. The van der Waals surface area contributed by atoms with Crippen LogP contribution in [-0.2, 0) is 11.2 Å². The minimum Gasteiger partial charge on any atom is -0.385 e. The summed E-state index contributed by atoms with van der Waals surface area (Å²) in [4.78, 5) is 8.25. The Morgan fingerprint density at radius 1 is 1.43 bits per heavy atom. The van der Waals surface area contributed by atoms with Crippen LogP contribution in [0.3, 0.4) is 0 Å². The van der Waals surface area contributed by atoms with E-state index in [9.17, 15) is 0 Å². The standard InChI is InChI=1S/C10H17N3O/c1-3-9-7-10(13-8-12-9)11-5-4-6-14-2/h7-8H,3-6H2,1-2H3,(H,11,12,13). The lowest BCUT2D eigenvalue weighted by atomic mass is 10.3. The Morgan fingerprint density at radius 3 is 3.00 bits per heavy atom. The van der Waals surface area contributed by atoms with E-state index < -0.39 is 0 Å². The van der Waals surface area contributed by atoms with Crippen LogP contribution in [-0.4, -0.2) is 30.2 Å². The van der Waals surface area contributed by atoms with Crippen molar-refractivity contribution in [2.45, 2.75) is 19.8 Å². The fourth-order valence-electron chi connectivity index (χ4n) is 1.12. The minimum atomic E-state index is 0.777. The summed E-state index contributed by atoms with van der Waals surface area (Å²) in [5, 5.41) is 3.22. The molecule has 0 aliphatic heterocycles. The van der Waals surface area contributed by atoms with Crippen LogP contribution in [0.5, 0.6) is 0 Å². The van der Waals surface area contributed by atoms with Crippen molar-refractivity contribution in [3.05, 3.63) is 18.1 Å². The first-order valence-electron chi connectivity index (χ1n) is 4.90. The van der Waals surface area contributed by atoms with E-state index in [1.165, 1.54) is 0 Å². The van der Waals surface area contributed by atoms with Gasteiger partial charge >= 0.3 is 0 Å². The molecule has 1 N–H and O–H groups in total. The first-order chi connectivity index (χ1) is 6.86. The molecule has 14 heavy (non-hydrogen) atoms. The van der Waals surface area contributed by atoms with Gasteiger partial charge in [0.15, 0.2) is 0 Å². The molecule has 0 atom stereocenters. The Kier molecular flexibility index (Phi) is 4.93. The lowest BCUT2D eigenvalue weighted by Gasteiger charge is -2.05. The Hall–Kier alpha value is -1.16. The summed E-state index contributed by atoms with van der Waals surface area (Å²) in [5.41, 5.74) is 1.06. The summed E-state index contributed by atoms with van der Waals surface area (Å²) in [7, 11) is 1.71. The van der Waals surface area contributed by atoms with Gasteiger partial charge in [-0.1, -0.05) is 6.92 Å². The molecule has 4 nitrogen and oxygen atoms in total. The van der Waals surface area contributed by atoms with E-state index in [4.69, 9.17) is 4.74 Å². The first-order valence-corrected chi connectivity index (χ1v) is 4.90. The second-order valence-electron chi connectivity index (χ2n) is 3.02. The van der Waals surface area contributed by atoms with E-state index in [1.807, 2.05) is 6.07 Å². The van der Waals surface area contributed by atoms with Gasteiger partial charge in [0.05, 0.1) is 0 Å². The van der Waals surface area contributed by atoms with Gasteiger partial charge in [0, 0.05) is 32.0 Å². The molecular formula is C10H17N3O. The van der Waals surface area contributed by atoms with Crippen LogP contribution in [0.4, 0.5) is 5.82 Å². The first kappa shape index (κ1) is 10.9. The number of rotatable bonds is 6. The van der Waals surface area contributed by atoms with Crippen molar-refractivity contribution in [3.8, 4) is 0 Å². The van der Waals surface area contributed by atoms with E-state index >= 15 is 0 Å². The van der Waals surface area contributed by atoms with Crippen molar-refractivity contribution in [2.75, 3.05) is 25.6 Å². The van der Waals surface area contributed by atoms with Gasteiger partial charge in [0.25, 0.3) is 0 Å². The molecule has 0 aliphatic rings. The van der Waals surface area contributed by atoms with E-state index in [0.717, 1.165) is 37.5 Å². The number of anilines is 1. The van der Waals surface area contributed by atoms with E-state index in [1.54, 1.807) is 13.4 Å².